The number of carbonyl (C=O) groups excluding carboxylic acids is 1. The topological polar surface area (TPSA) is 117 Å². The molecule has 0 spiro atoms. The molecule has 9 nitrogen and oxygen atoms in total. The minimum Gasteiger partial charge on any atom is -0.463 e. The first kappa shape index (κ1) is 28.0. The van der Waals surface area contributed by atoms with Crippen molar-refractivity contribution in [2.45, 2.75) is 46.1 Å². The van der Waals surface area contributed by atoms with Crippen molar-refractivity contribution in [3.05, 3.63) is 119 Å². The zero-order valence-electron chi connectivity index (χ0n) is 23.3. The highest BCUT2D eigenvalue weighted by Crippen LogP contribution is 2.33. The molecule has 0 aliphatic carbocycles. The number of aromatic nitrogens is 1. The summed E-state index contributed by atoms with van der Waals surface area (Å²) in [5, 5.41) is 11.5. The van der Waals surface area contributed by atoms with E-state index in [0.717, 1.165) is 11.1 Å². The minimum absolute atomic E-state index is 0.0632. The highest BCUT2D eigenvalue weighted by atomic mass is 32.1. The molecule has 2 aromatic heterocycles. The van der Waals surface area contributed by atoms with Crippen LogP contribution >= 0.6 is 11.3 Å². The Kier molecular flexibility index (Phi) is 7.35. The Morgan fingerprint density at radius 2 is 1.90 bits per heavy atom. The number of carbonyl (C=O) groups is 1. The first-order chi connectivity index (χ1) is 19.5. The zero-order valence-corrected chi connectivity index (χ0v) is 24.2. The molecule has 0 amide bonds. The number of thiazole rings is 1. The third-order valence-corrected chi connectivity index (χ3v) is 7.88. The van der Waals surface area contributed by atoms with Crippen molar-refractivity contribution in [1.82, 2.24) is 4.57 Å². The Balaban J connectivity index is 1.63. The van der Waals surface area contributed by atoms with E-state index in [4.69, 9.17) is 9.15 Å². The normalized spacial score (nSPS) is 15.4. The highest BCUT2D eigenvalue weighted by Gasteiger charge is 2.33. The number of nitro benzene ring substituents is 1. The van der Waals surface area contributed by atoms with Crippen molar-refractivity contribution >= 4 is 29.1 Å². The van der Waals surface area contributed by atoms with Crippen LogP contribution in [0.15, 0.2) is 86.3 Å². The third kappa shape index (κ3) is 5.30. The molecule has 1 aliphatic heterocycles. The fourth-order valence-corrected chi connectivity index (χ4v) is 5.88. The second-order valence-corrected chi connectivity index (χ2v) is 11.7. The average molecular weight is 572 g/mol. The highest BCUT2D eigenvalue weighted by molar-refractivity contribution is 7.07. The van der Waals surface area contributed by atoms with E-state index in [0.29, 0.717) is 37.5 Å². The van der Waals surface area contributed by atoms with E-state index in [1.165, 1.54) is 28.2 Å². The minimum atomic E-state index is -0.714. The van der Waals surface area contributed by atoms with Crippen LogP contribution in [0.2, 0.25) is 0 Å². The molecule has 0 radical (unpaired) electrons. The number of allylic oxidation sites excluding steroid dienone is 1. The average Bonchev–Trinajstić information content (AvgIpc) is 3.51. The van der Waals surface area contributed by atoms with Gasteiger partial charge in [-0.1, -0.05) is 68.5 Å². The summed E-state index contributed by atoms with van der Waals surface area (Å²) >= 11 is 1.20. The molecule has 0 fully saturated rings. The van der Waals surface area contributed by atoms with Crippen LogP contribution in [0, 0.1) is 10.1 Å². The number of esters is 1. The Morgan fingerprint density at radius 3 is 2.56 bits per heavy atom. The molecular formula is C31H29N3O6S. The fraction of sp³-hybridized carbons (Fsp3) is 0.258. The molecule has 0 N–H and O–H groups in total. The monoisotopic (exact) mass is 571 g/mol. The molecule has 3 heterocycles. The van der Waals surface area contributed by atoms with Gasteiger partial charge in [0.1, 0.15) is 5.76 Å². The van der Waals surface area contributed by atoms with E-state index >= 15 is 0 Å². The van der Waals surface area contributed by atoms with Gasteiger partial charge in [0, 0.05) is 11.6 Å². The quantitative estimate of drug-likeness (QED) is 0.177. The molecule has 210 valence electrons. The van der Waals surface area contributed by atoms with Crippen LogP contribution in [-0.4, -0.2) is 22.1 Å². The van der Waals surface area contributed by atoms with Crippen LogP contribution < -0.4 is 14.9 Å². The molecule has 0 saturated carbocycles. The van der Waals surface area contributed by atoms with Gasteiger partial charge in [0.25, 0.3) is 11.2 Å². The van der Waals surface area contributed by atoms with Crippen LogP contribution in [0.1, 0.15) is 57.4 Å². The lowest BCUT2D eigenvalue weighted by atomic mass is 9.85. The number of furan rings is 1. The van der Waals surface area contributed by atoms with Gasteiger partial charge in [0.05, 0.1) is 45.2 Å². The van der Waals surface area contributed by atoms with Crippen LogP contribution in [-0.2, 0) is 14.9 Å². The van der Waals surface area contributed by atoms with E-state index in [-0.39, 0.29) is 23.3 Å². The third-order valence-electron chi connectivity index (χ3n) is 6.89. The molecule has 0 saturated heterocycles. The summed E-state index contributed by atoms with van der Waals surface area (Å²) in [7, 11) is 0. The van der Waals surface area contributed by atoms with Gasteiger partial charge in [-0.25, -0.2) is 9.79 Å². The molecule has 4 aromatic rings. The van der Waals surface area contributed by atoms with E-state index in [1.54, 1.807) is 44.2 Å². The number of nitro groups is 1. The van der Waals surface area contributed by atoms with E-state index < -0.39 is 16.9 Å². The standard InChI is InChI=1S/C31H29N3O6S/c1-6-39-29(36)26-18(2)32-30-33(27(26)20-11-13-21(14-12-20)31(3,4)5)28(35)25(41-30)16-19-15-24(40-17-19)22-9-7-8-10-23(22)34(37)38/h7-17,27H,6H2,1-5H3/b25-16+/t27-/m1/s1. The molecule has 41 heavy (non-hydrogen) atoms. The lowest BCUT2D eigenvalue weighted by Crippen LogP contribution is -2.40. The van der Waals surface area contributed by atoms with Gasteiger partial charge in [0.2, 0.25) is 0 Å². The number of benzene rings is 2. The van der Waals surface area contributed by atoms with Gasteiger partial charge < -0.3 is 9.15 Å². The van der Waals surface area contributed by atoms with Gasteiger partial charge in [-0.15, -0.1) is 0 Å². The molecule has 1 aliphatic rings. The number of para-hydroxylation sites is 1. The Bertz CT molecular complexity index is 1870. The molecule has 2 aromatic carbocycles. The first-order valence-corrected chi connectivity index (χ1v) is 13.9. The number of hydrogen-bond acceptors (Lipinski definition) is 8. The Hall–Kier alpha value is -4.57. The number of rotatable bonds is 6. The maximum Gasteiger partial charge on any atom is 0.338 e. The van der Waals surface area contributed by atoms with E-state index in [1.807, 2.05) is 24.3 Å². The van der Waals surface area contributed by atoms with Crippen molar-refractivity contribution in [3.63, 3.8) is 0 Å². The van der Waals surface area contributed by atoms with Gasteiger partial charge in [-0.3, -0.25) is 19.5 Å². The summed E-state index contributed by atoms with van der Waals surface area (Å²) in [5.74, 6) is -0.203. The van der Waals surface area contributed by atoms with Gasteiger partial charge in [0.15, 0.2) is 4.80 Å². The lowest BCUT2D eigenvalue weighted by molar-refractivity contribution is -0.384. The van der Waals surface area contributed by atoms with Gasteiger partial charge in [-0.05, 0) is 48.6 Å². The lowest BCUT2D eigenvalue weighted by Gasteiger charge is -2.26. The van der Waals surface area contributed by atoms with Crippen LogP contribution in [0.25, 0.3) is 17.4 Å². The van der Waals surface area contributed by atoms with Crippen molar-refractivity contribution in [2.24, 2.45) is 4.99 Å². The van der Waals surface area contributed by atoms with Crippen LogP contribution in [0.3, 0.4) is 0 Å². The van der Waals surface area contributed by atoms with Crippen molar-refractivity contribution in [2.75, 3.05) is 6.61 Å². The number of nitrogens with zero attached hydrogens (tertiary/aromatic N) is 3. The molecule has 10 heteroatoms. The summed E-state index contributed by atoms with van der Waals surface area (Å²) in [6.07, 6.45) is 3.11. The SMILES string of the molecule is CCOC(=O)C1=C(C)N=c2s/c(=C/c3coc(-c4ccccc4[N+](=O)[O-])c3)c(=O)n2[C@@H]1c1ccc(C(C)(C)C)cc1. The molecule has 0 bridgehead atoms. The van der Waals surface area contributed by atoms with Gasteiger partial charge >= 0.3 is 5.97 Å². The fourth-order valence-electron chi connectivity index (χ4n) is 4.83. The predicted octanol–water partition coefficient (Wildman–Crippen LogP) is 5.26. The van der Waals surface area contributed by atoms with E-state index in [2.05, 4.69) is 25.8 Å². The van der Waals surface area contributed by atoms with Crippen molar-refractivity contribution < 1.29 is 18.9 Å². The second kappa shape index (κ2) is 10.8. The van der Waals surface area contributed by atoms with Crippen molar-refractivity contribution in [1.29, 1.82) is 0 Å². The molecule has 0 unspecified atom stereocenters. The first-order valence-electron chi connectivity index (χ1n) is 13.1. The van der Waals surface area contributed by atoms with Gasteiger partial charge in [-0.2, -0.15) is 0 Å². The van der Waals surface area contributed by atoms with Crippen LogP contribution in [0.5, 0.6) is 0 Å². The smallest absolute Gasteiger partial charge is 0.338 e. The summed E-state index contributed by atoms with van der Waals surface area (Å²) < 4.78 is 12.9. The van der Waals surface area contributed by atoms with E-state index in [9.17, 15) is 19.7 Å². The number of fused-ring (bicyclic) bond motifs is 1. The second-order valence-electron chi connectivity index (χ2n) is 10.7. The number of hydrogen-bond donors (Lipinski definition) is 0. The molecule has 5 rings (SSSR count). The van der Waals surface area contributed by atoms with Crippen molar-refractivity contribution in [3.8, 4) is 11.3 Å². The summed E-state index contributed by atoms with van der Waals surface area (Å²) in [6.45, 7) is 10.0. The molecular weight excluding hydrogens is 542 g/mol. The summed E-state index contributed by atoms with van der Waals surface area (Å²) in [6, 6.07) is 15.1. The maximum absolute atomic E-state index is 13.9. The summed E-state index contributed by atoms with van der Waals surface area (Å²) in [4.78, 5) is 43.1. The van der Waals surface area contributed by atoms with Crippen LogP contribution in [0.4, 0.5) is 5.69 Å². The largest absolute Gasteiger partial charge is 0.463 e. The number of ether oxygens (including phenoxy) is 1. The Labute approximate surface area is 239 Å². The zero-order chi connectivity index (χ0) is 29.5. The maximum atomic E-state index is 13.9. The summed E-state index contributed by atoms with van der Waals surface area (Å²) in [5.41, 5.74) is 3.15. The molecule has 1 atom stereocenters. The Morgan fingerprint density at radius 1 is 1.20 bits per heavy atom. The predicted molar refractivity (Wildman–Crippen MR) is 156 cm³/mol.